The molecule has 1 amide bonds. The molecule has 160 valence electrons. The summed E-state index contributed by atoms with van der Waals surface area (Å²) in [6.07, 6.45) is 2.34. The Hall–Kier alpha value is -2.90. The molecule has 1 N–H and O–H groups in total. The predicted molar refractivity (Wildman–Crippen MR) is 122 cm³/mol. The van der Waals surface area contributed by atoms with Crippen LogP contribution in [0.4, 0.5) is 11.4 Å². The molecule has 1 atom stereocenters. The number of nitrogens with one attached hydrogen (secondary N) is 1. The quantitative estimate of drug-likeness (QED) is 0.653. The fraction of sp³-hybridized carbons (Fsp3) is 0.333. The topological polar surface area (TPSA) is 64.8 Å². The number of aryl methyl sites for hydroxylation is 2. The summed E-state index contributed by atoms with van der Waals surface area (Å²) in [5.74, 6) is 0.567. The van der Waals surface area contributed by atoms with Crippen LogP contribution in [0, 0.1) is 13.8 Å². The van der Waals surface area contributed by atoms with E-state index >= 15 is 0 Å². The molecule has 0 bridgehead atoms. The highest BCUT2D eigenvalue weighted by Crippen LogP contribution is 2.33. The van der Waals surface area contributed by atoms with Gasteiger partial charge in [0.25, 0.3) is 5.91 Å². The zero-order chi connectivity index (χ0) is 21.4. The standard InChI is InChI=1S/C24H25N3O3S/c1-15-8-16(2)10-18(9-15)25-24-27(12-19-4-3-7-29-19)21(14-31-24)17-5-6-22-20(11-17)26-23(28)13-30-22/h5-6,8-11,14,19H,3-4,7,12-13H2,1-2H3,(H,26,28). The van der Waals surface area contributed by atoms with Crippen molar-refractivity contribution in [1.82, 2.24) is 4.57 Å². The maximum atomic E-state index is 11.8. The van der Waals surface area contributed by atoms with E-state index in [-0.39, 0.29) is 18.6 Å². The van der Waals surface area contributed by atoms with Crippen molar-refractivity contribution in [1.29, 1.82) is 0 Å². The number of amides is 1. The molecule has 31 heavy (non-hydrogen) atoms. The van der Waals surface area contributed by atoms with Crippen LogP contribution in [-0.4, -0.2) is 29.8 Å². The van der Waals surface area contributed by atoms with Crippen molar-refractivity contribution in [3.05, 3.63) is 57.7 Å². The maximum absolute atomic E-state index is 11.8. The Morgan fingerprint density at radius 2 is 2.03 bits per heavy atom. The number of thiazole rings is 1. The first kappa shape index (κ1) is 20.0. The number of carbonyl (C=O) groups excluding carboxylic acids is 1. The fourth-order valence-electron chi connectivity index (χ4n) is 4.19. The fourth-order valence-corrected chi connectivity index (χ4v) is 5.12. The van der Waals surface area contributed by atoms with Crippen LogP contribution in [0.2, 0.25) is 0 Å². The third kappa shape index (κ3) is 4.29. The van der Waals surface area contributed by atoms with Gasteiger partial charge in [-0.2, -0.15) is 0 Å². The maximum Gasteiger partial charge on any atom is 0.262 e. The van der Waals surface area contributed by atoms with Gasteiger partial charge in [0.15, 0.2) is 11.4 Å². The van der Waals surface area contributed by atoms with Crippen LogP contribution in [0.5, 0.6) is 5.75 Å². The molecule has 0 spiro atoms. The number of nitrogens with zero attached hydrogens (tertiary/aromatic N) is 2. The molecule has 6 nitrogen and oxygen atoms in total. The minimum atomic E-state index is -0.132. The van der Waals surface area contributed by atoms with Crippen LogP contribution in [0.15, 0.2) is 46.8 Å². The number of benzene rings is 2. The minimum Gasteiger partial charge on any atom is -0.482 e. The number of rotatable bonds is 4. The van der Waals surface area contributed by atoms with Gasteiger partial charge in [0, 0.05) is 17.6 Å². The van der Waals surface area contributed by atoms with Crippen LogP contribution < -0.4 is 14.9 Å². The van der Waals surface area contributed by atoms with E-state index in [1.54, 1.807) is 11.3 Å². The van der Waals surface area contributed by atoms with Crippen LogP contribution >= 0.6 is 11.3 Å². The normalized spacial score (nSPS) is 18.6. The zero-order valence-electron chi connectivity index (χ0n) is 17.7. The number of carbonyl (C=O) groups is 1. The van der Waals surface area contributed by atoms with E-state index in [0.29, 0.717) is 11.4 Å². The Morgan fingerprint density at radius 3 is 2.81 bits per heavy atom. The second-order valence-electron chi connectivity index (χ2n) is 8.15. The Bertz CT molecular complexity index is 1180. The van der Waals surface area contributed by atoms with Gasteiger partial charge < -0.3 is 19.4 Å². The number of ether oxygens (including phenoxy) is 2. The van der Waals surface area contributed by atoms with Gasteiger partial charge in [0.05, 0.1) is 29.7 Å². The molecular formula is C24H25N3O3S. The van der Waals surface area contributed by atoms with Crippen molar-refractivity contribution in [2.75, 3.05) is 18.5 Å². The highest BCUT2D eigenvalue weighted by molar-refractivity contribution is 7.07. The molecule has 2 aliphatic heterocycles. The van der Waals surface area contributed by atoms with E-state index in [9.17, 15) is 4.79 Å². The van der Waals surface area contributed by atoms with Gasteiger partial charge in [-0.3, -0.25) is 4.79 Å². The first-order valence-electron chi connectivity index (χ1n) is 10.6. The predicted octanol–water partition coefficient (Wildman–Crippen LogP) is 4.58. The Kier molecular flexibility index (Phi) is 5.38. The number of hydrogen-bond acceptors (Lipinski definition) is 5. The van der Waals surface area contributed by atoms with Crippen molar-refractivity contribution >= 4 is 28.6 Å². The van der Waals surface area contributed by atoms with Gasteiger partial charge in [0.2, 0.25) is 0 Å². The van der Waals surface area contributed by atoms with Crippen molar-refractivity contribution in [2.24, 2.45) is 4.99 Å². The van der Waals surface area contributed by atoms with E-state index in [2.05, 4.69) is 47.3 Å². The lowest BCUT2D eigenvalue weighted by Crippen LogP contribution is -2.25. The summed E-state index contributed by atoms with van der Waals surface area (Å²) < 4.78 is 13.7. The molecule has 3 aromatic rings. The summed E-state index contributed by atoms with van der Waals surface area (Å²) >= 11 is 1.62. The van der Waals surface area contributed by atoms with E-state index in [0.717, 1.165) is 47.7 Å². The molecule has 0 aliphatic carbocycles. The lowest BCUT2D eigenvalue weighted by Gasteiger charge is -2.19. The molecular weight excluding hydrogens is 410 g/mol. The van der Waals surface area contributed by atoms with E-state index in [1.807, 2.05) is 18.2 Å². The molecule has 0 radical (unpaired) electrons. The third-order valence-electron chi connectivity index (χ3n) is 5.55. The smallest absolute Gasteiger partial charge is 0.262 e. The Labute approximate surface area is 185 Å². The molecule has 1 aromatic heterocycles. The number of anilines is 1. The van der Waals surface area contributed by atoms with Crippen LogP contribution in [-0.2, 0) is 16.1 Å². The van der Waals surface area contributed by atoms with Gasteiger partial charge >= 0.3 is 0 Å². The highest BCUT2D eigenvalue weighted by Gasteiger charge is 2.21. The lowest BCUT2D eigenvalue weighted by atomic mass is 10.1. The van der Waals surface area contributed by atoms with Crippen molar-refractivity contribution in [2.45, 2.75) is 39.3 Å². The first-order chi connectivity index (χ1) is 15.0. The second-order valence-corrected chi connectivity index (χ2v) is 8.99. The zero-order valence-corrected chi connectivity index (χ0v) is 18.5. The van der Waals surface area contributed by atoms with E-state index in [1.165, 1.54) is 11.1 Å². The largest absolute Gasteiger partial charge is 0.482 e. The van der Waals surface area contributed by atoms with Gasteiger partial charge in [-0.1, -0.05) is 6.07 Å². The summed E-state index contributed by atoms with van der Waals surface area (Å²) in [7, 11) is 0. The highest BCUT2D eigenvalue weighted by atomic mass is 32.1. The minimum absolute atomic E-state index is 0.0583. The summed E-state index contributed by atoms with van der Waals surface area (Å²) in [4.78, 5) is 17.7. The van der Waals surface area contributed by atoms with Crippen LogP contribution in [0.25, 0.3) is 11.3 Å². The van der Waals surface area contributed by atoms with E-state index < -0.39 is 0 Å². The molecule has 5 rings (SSSR count). The van der Waals surface area contributed by atoms with Gasteiger partial charge in [0.1, 0.15) is 5.75 Å². The molecule has 7 heteroatoms. The van der Waals surface area contributed by atoms with Crippen molar-refractivity contribution < 1.29 is 14.3 Å². The number of aromatic nitrogens is 1. The SMILES string of the molecule is Cc1cc(C)cc(N=c2scc(-c3ccc4c(c3)NC(=O)CO4)n2CC2CCCO2)c1. The Balaban J connectivity index is 1.60. The van der Waals surface area contributed by atoms with Gasteiger partial charge in [-0.25, -0.2) is 4.99 Å². The first-order valence-corrected chi connectivity index (χ1v) is 11.4. The van der Waals surface area contributed by atoms with Crippen LogP contribution in [0.3, 0.4) is 0 Å². The van der Waals surface area contributed by atoms with Crippen molar-refractivity contribution in [3.63, 3.8) is 0 Å². The summed E-state index contributed by atoms with van der Waals surface area (Å²) in [5, 5.41) is 5.03. The van der Waals surface area contributed by atoms with Gasteiger partial charge in [-0.05, 0) is 68.1 Å². The second kappa shape index (κ2) is 8.32. The Morgan fingerprint density at radius 1 is 1.19 bits per heavy atom. The lowest BCUT2D eigenvalue weighted by molar-refractivity contribution is -0.118. The summed E-state index contributed by atoms with van der Waals surface area (Å²) in [6, 6.07) is 12.3. The van der Waals surface area contributed by atoms with E-state index in [4.69, 9.17) is 14.5 Å². The average molecular weight is 436 g/mol. The molecule has 3 heterocycles. The molecule has 2 aromatic carbocycles. The third-order valence-corrected chi connectivity index (χ3v) is 6.41. The summed E-state index contributed by atoms with van der Waals surface area (Å²) in [5.41, 5.74) is 6.14. The van der Waals surface area contributed by atoms with Crippen molar-refractivity contribution in [3.8, 4) is 17.0 Å². The molecule has 1 saturated heterocycles. The summed E-state index contributed by atoms with van der Waals surface area (Å²) in [6.45, 7) is 5.81. The molecule has 0 saturated carbocycles. The number of fused-ring (bicyclic) bond motifs is 1. The molecule has 1 fully saturated rings. The van der Waals surface area contributed by atoms with Gasteiger partial charge in [-0.15, -0.1) is 11.3 Å². The monoisotopic (exact) mass is 435 g/mol. The number of hydrogen-bond donors (Lipinski definition) is 1. The average Bonchev–Trinajstić information content (AvgIpc) is 3.38. The van der Waals surface area contributed by atoms with Crippen LogP contribution in [0.1, 0.15) is 24.0 Å². The molecule has 2 aliphatic rings. The molecule has 1 unspecified atom stereocenters.